The number of rotatable bonds is 3. The van der Waals surface area contributed by atoms with Crippen molar-refractivity contribution in [3.8, 4) is 0 Å². The Hall–Kier alpha value is -0.830. The molecule has 76 valence electrons. The highest BCUT2D eigenvalue weighted by Gasteiger charge is 2.09. The Morgan fingerprint density at radius 3 is 2.86 bits per heavy atom. The van der Waals surface area contributed by atoms with Gasteiger partial charge >= 0.3 is 5.97 Å². The minimum Gasteiger partial charge on any atom is -0.465 e. The van der Waals surface area contributed by atoms with Crippen molar-refractivity contribution >= 4 is 21.9 Å². The van der Waals surface area contributed by atoms with Gasteiger partial charge in [0.15, 0.2) is 0 Å². The fourth-order valence-electron chi connectivity index (χ4n) is 1.21. The zero-order valence-electron chi connectivity index (χ0n) is 8.29. The number of hydrogen-bond acceptors (Lipinski definition) is 2. The van der Waals surface area contributed by atoms with Gasteiger partial charge in [0.2, 0.25) is 0 Å². The van der Waals surface area contributed by atoms with E-state index < -0.39 is 0 Å². The van der Waals surface area contributed by atoms with Crippen molar-refractivity contribution in [3.05, 3.63) is 35.4 Å². The molecule has 0 aliphatic heterocycles. The molecule has 0 amide bonds. The Kier molecular flexibility index (Phi) is 4.14. The molecule has 0 bridgehead atoms. The lowest BCUT2D eigenvalue weighted by Crippen LogP contribution is -2.02. The SMILES string of the molecule is CC[C@H](Br)c1cccc(C(=O)OC)c1. The number of halogens is 1. The van der Waals surface area contributed by atoms with Gasteiger partial charge in [-0.3, -0.25) is 0 Å². The maximum absolute atomic E-state index is 11.2. The fraction of sp³-hybridized carbons (Fsp3) is 0.364. The Morgan fingerprint density at radius 1 is 1.57 bits per heavy atom. The summed E-state index contributed by atoms with van der Waals surface area (Å²) in [4.78, 5) is 11.5. The summed E-state index contributed by atoms with van der Waals surface area (Å²) in [7, 11) is 1.39. The molecular weight excluding hydrogens is 244 g/mol. The summed E-state index contributed by atoms with van der Waals surface area (Å²) in [5.74, 6) is -0.289. The molecule has 0 saturated heterocycles. The van der Waals surface area contributed by atoms with E-state index in [-0.39, 0.29) is 5.97 Å². The second-order valence-electron chi connectivity index (χ2n) is 2.99. The maximum atomic E-state index is 11.2. The highest BCUT2D eigenvalue weighted by Crippen LogP contribution is 2.26. The number of carbonyl (C=O) groups excluding carboxylic acids is 1. The van der Waals surface area contributed by atoms with Crippen LogP contribution in [-0.4, -0.2) is 13.1 Å². The summed E-state index contributed by atoms with van der Waals surface area (Å²) < 4.78 is 4.65. The number of hydrogen-bond donors (Lipinski definition) is 0. The first-order valence-corrected chi connectivity index (χ1v) is 5.43. The molecule has 1 rings (SSSR count). The third kappa shape index (κ3) is 2.58. The lowest BCUT2D eigenvalue weighted by Gasteiger charge is -2.08. The van der Waals surface area contributed by atoms with Gasteiger partial charge in [-0.1, -0.05) is 35.0 Å². The van der Waals surface area contributed by atoms with Gasteiger partial charge in [0.25, 0.3) is 0 Å². The first-order chi connectivity index (χ1) is 6.69. The van der Waals surface area contributed by atoms with Crippen LogP contribution in [0.2, 0.25) is 0 Å². The van der Waals surface area contributed by atoms with Crippen molar-refractivity contribution < 1.29 is 9.53 Å². The fourth-order valence-corrected chi connectivity index (χ4v) is 1.50. The number of ether oxygens (including phenoxy) is 1. The van der Waals surface area contributed by atoms with Crippen molar-refractivity contribution in [1.29, 1.82) is 0 Å². The van der Waals surface area contributed by atoms with Gasteiger partial charge in [-0.05, 0) is 24.1 Å². The van der Waals surface area contributed by atoms with Gasteiger partial charge in [0.1, 0.15) is 0 Å². The van der Waals surface area contributed by atoms with Crippen LogP contribution in [0.3, 0.4) is 0 Å². The zero-order valence-corrected chi connectivity index (χ0v) is 9.87. The number of alkyl halides is 1. The van der Waals surface area contributed by atoms with E-state index in [9.17, 15) is 4.79 Å². The van der Waals surface area contributed by atoms with Crippen molar-refractivity contribution in [2.45, 2.75) is 18.2 Å². The second kappa shape index (κ2) is 5.15. The Bertz CT molecular complexity index is 323. The van der Waals surface area contributed by atoms with Gasteiger partial charge in [0, 0.05) is 4.83 Å². The van der Waals surface area contributed by atoms with Gasteiger partial charge in [-0.2, -0.15) is 0 Å². The molecule has 0 aromatic heterocycles. The van der Waals surface area contributed by atoms with Crippen LogP contribution < -0.4 is 0 Å². The number of esters is 1. The quantitative estimate of drug-likeness (QED) is 0.613. The number of benzene rings is 1. The van der Waals surface area contributed by atoms with E-state index in [2.05, 4.69) is 27.6 Å². The van der Waals surface area contributed by atoms with Crippen LogP contribution in [0.5, 0.6) is 0 Å². The number of carbonyl (C=O) groups is 1. The Labute approximate surface area is 92.4 Å². The van der Waals surface area contributed by atoms with Crippen LogP contribution in [0.1, 0.15) is 34.1 Å². The Balaban J connectivity index is 2.95. The van der Waals surface area contributed by atoms with E-state index in [4.69, 9.17) is 0 Å². The smallest absolute Gasteiger partial charge is 0.337 e. The molecule has 0 spiro atoms. The van der Waals surface area contributed by atoms with Crippen molar-refractivity contribution in [2.24, 2.45) is 0 Å². The van der Waals surface area contributed by atoms with Crippen LogP contribution in [0.25, 0.3) is 0 Å². The highest BCUT2D eigenvalue weighted by molar-refractivity contribution is 9.09. The summed E-state index contributed by atoms with van der Waals surface area (Å²) in [6, 6.07) is 7.47. The average Bonchev–Trinajstić information content (AvgIpc) is 2.27. The summed E-state index contributed by atoms with van der Waals surface area (Å²) in [6.45, 7) is 2.09. The largest absolute Gasteiger partial charge is 0.465 e. The van der Waals surface area contributed by atoms with E-state index in [0.717, 1.165) is 12.0 Å². The van der Waals surface area contributed by atoms with E-state index in [1.54, 1.807) is 6.07 Å². The van der Waals surface area contributed by atoms with Crippen LogP contribution in [-0.2, 0) is 4.74 Å². The molecule has 1 atom stereocenters. The minimum atomic E-state index is -0.289. The first-order valence-electron chi connectivity index (χ1n) is 4.51. The zero-order chi connectivity index (χ0) is 10.6. The molecule has 1 aromatic rings. The predicted molar refractivity (Wildman–Crippen MR) is 59.7 cm³/mol. The summed E-state index contributed by atoms with van der Waals surface area (Å²) in [6.07, 6.45) is 0.991. The summed E-state index contributed by atoms with van der Waals surface area (Å²) in [5, 5.41) is 0. The lowest BCUT2D eigenvalue weighted by molar-refractivity contribution is 0.0600. The summed E-state index contributed by atoms with van der Waals surface area (Å²) in [5.41, 5.74) is 1.71. The van der Waals surface area contributed by atoms with Gasteiger partial charge < -0.3 is 4.74 Å². The second-order valence-corrected chi connectivity index (χ2v) is 4.10. The molecule has 0 N–H and O–H groups in total. The average molecular weight is 257 g/mol. The molecule has 0 unspecified atom stereocenters. The molecule has 1 aromatic carbocycles. The highest BCUT2D eigenvalue weighted by atomic mass is 79.9. The topological polar surface area (TPSA) is 26.3 Å². The van der Waals surface area contributed by atoms with E-state index >= 15 is 0 Å². The van der Waals surface area contributed by atoms with E-state index in [1.165, 1.54) is 7.11 Å². The molecule has 3 heteroatoms. The molecule has 0 fully saturated rings. The van der Waals surface area contributed by atoms with Gasteiger partial charge in [-0.25, -0.2) is 4.79 Å². The van der Waals surface area contributed by atoms with Crippen molar-refractivity contribution in [1.82, 2.24) is 0 Å². The van der Waals surface area contributed by atoms with Crippen LogP contribution in [0, 0.1) is 0 Å². The van der Waals surface area contributed by atoms with Crippen LogP contribution >= 0.6 is 15.9 Å². The molecule has 0 heterocycles. The third-order valence-electron chi connectivity index (χ3n) is 2.03. The molecule has 0 aliphatic carbocycles. The van der Waals surface area contributed by atoms with E-state index in [1.807, 2.05) is 18.2 Å². The molecule has 14 heavy (non-hydrogen) atoms. The molecule has 0 radical (unpaired) electrons. The minimum absolute atomic E-state index is 0.289. The molecule has 2 nitrogen and oxygen atoms in total. The summed E-state index contributed by atoms with van der Waals surface area (Å²) >= 11 is 3.54. The maximum Gasteiger partial charge on any atom is 0.337 e. The number of methoxy groups -OCH3 is 1. The monoisotopic (exact) mass is 256 g/mol. The molecule has 0 aliphatic rings. The van der Waals surface area contributed by atoms with Crippen molar-refractivity contribution in [3.63, 3.8) is 0 Å². The predicted octanol–water partition coefficient (Wildman–Crippen LogP) is 3.32. The lowest BCUT2D eigenvalue weighted by atomic mass is 10.1. The third-order valence-corrected chi connectivity index (χ3v) is 3.20. The van der Waals surface area contributed by atoms with E-state index in [0.29, 0.717) is 10.4 Å². The molecule has 0 saturated carbocycles. The van der Waals surface area contributed by atoms with Crippen LogP contribution in [0.4, 0.5) is 0 Å². The first kappa shape index (κ1) is 11.2. The Morgan fingerprint density at radius 2 is 2.29 bits per heavy atom. The standard InChI is InChI=1S/C11H13BrO2/c1-3-10(12)8-5-4-6-9(7-8)11(13)14-2/h4-7,10H,3H2,1-2H3/t10-/m0/s1. The molecular formula is C11H13BrO2. The van der Waals surface area contributed by atoms with Gasteiger partial charge in [-0.15, -0.1) is 0 Å². The normalized spacial score (nSPS) is 12.2. The van der Waals surface area contributed by atoms with Crippen LogP contribution in [0.15, 0.2) is 24.3 Å². The van der Waals surface area contributed by atoms with Gasteiger partial charge in [0.05, 0.1) is 12.7 Å². The van der Waals surface area contributed by atoms with Crippen molar-refractivity contribution in [2.75, 3.05) is 7.11 Å².